The number of allylic oxidation sites excluding steroid dienone is 2. The number of esters is 1. The Morgan fingerprint density at radius 2 is 1.08 bits per heavy atom. The highest BCUT2D eigenvalue weighted by atomic mass is 16.5. The van der Waals surface area contributed by atoms with E-state index >= 15 is 0 Å². The maximum absolute atomic E-state index is 11.5. The van der Waals surface area contributed by atoms with Crippen molar-refractivity contribution in [3.05, 3.63) is 23.3 Å². The van der Waals surface area contributed by atoms with Gasteiger partial charge in [-0.2, -0.15) is 0 Å². The summed E-state index contributed by atoms with van der Waals surface area (Å²) in [6.45, 7) is 16.1. The number of aliphatic carboxylic acids is 1. The second kappa shape index (κ2) is 19.0. The van der Waals surface area contributed by atoms with E-state index in [2.05, 4.69) is 39.8 Å². The SMILES string of the molecule is C.C1CCOC1.COC(=O)CCC[C@H]1CC[C@H]2[C@@H]3CC=C4C[C@@](C)(O)CC[C@]4(C)[C@H]3CC[C@]12C.C[C@]1(O)CC[C@@]2(C)C(=CC[C@H]3[C@@H]4CC[C@H](CCCC(=O)O)[C@@]4(C)CC[C@@H]32)C1. The predicted octanol–water partition coefficient (Wildman–Crippen LogP) is 12.7. The number of rotatable bonds is 8. The van der Waals surface area contributed by atoms with Crippen molar-refractivity contribution < 1.29 is 34.4 Å². The summed E-state index contributed by atoms with van der Waals surface area (Å²) in [5.41, 5.74) is 3.58. The topological polar surface area (TPSA) is 113 Å². The van der Waals surface area contributed by atoms with Gasteiger partial charge in [0.15, 0.2) is 0 Å². The van der Waals surface area contributed by atoms with E-state index in [0.29, 0.717) is 40.4 Å². The standard InChI is InChI=1S/C25H40O3.C24H38O3.C4H8O.CH4/c1-23(27)14-15-25(3)18(16-23)8-10-19-20-11-9-17(6-5-7-22(26)28-4)24(20,2)13-12-21(19)25;1-22(27)13-14-24(3)17(15-22)7-9-18-19-10-8-16(5-4-6-21(25)26)23(19,2)12-11-20(18)24;1-2-4-5-3-1;/h8,17,19-21,27H,5-7,9-16H2,1-4H3;7,16,18-20,27H,4-6,8-15H2,1-3H3,(H,25,26);1-4H2;1H4/t17-,19-,20-,21-,23-,24+,25-;16-,18-,19-,20-,22-,23+,24-;;/m00../s1. The number of carbonyl (C=O) groups excluding carboxylic acids is 1. The van der Waals surface area contributed by atoms with Crippen molar-refractivity contribution in [2.75, 3.05) is 20.3 Å². The van der Waals surface area contributed by atoms with Crippen molar-refractivity contribution in [3.63, 3.8) is 0 Å². The zero-order valence-electron chi connectivity index (χ0n) is 39.1. The molecular weight excluding hydrogens is 761 g/mol. The highest BCUT2D eigenvalue weighted by molar-refractivity contribution is 5.69. The summed E-state index contributed by atoms with van der Waals surface area (Å²) in [6.07, 6.45) is 31.6. The van der Waals surface area contributed by atoms with Gasteiger partial charge in [-0.1, -0.05) is 58.4 Å². The summed E-state index contributed by atoms with van der Waals surface area (Å²) in [5.74, 6) is 5.63. The van der Waals surface area contributed by atoms with E-state index in [9.17, 15) is 19.8 Å². The van der Waals surface area contributed by atoms with Crippen molar-refractivity contribution in [1.82, 2.24) is 0 Å². The Kier molecular flexibility index (Phi) is 15.2. The van der Waals surface area contributed by atoms with Gasteiger partial charge in [0, 0.05) is 26.1 Å². The van der Waals surface area contributed by atoms with Gasteiger partial charge in [0.25, 0.3) is 0 Å². The van der Waals surface area contributed by atoms with E-state index in [0.717, 1.165) is 112 Å². The molecule has 1 saturated heterocycles. The van der Waals surface area contributed by atoms with Crippen LogP contribution in [0.15, 0.2) is 23.3 Å². The van der Waals surface area contributed by atoms with Crippen molar-refractivity contribution in [2.45, 2.75) is 214 Å². The molecule has 9 aliphatic rings. The Balaban J connectivity index is 0.000000180. The van der Waals surface area contributed by atoms with Crippen LogP contribution in [0.1, 0.15) is 203 Å². The zero-order chi connectivity index (χ0) is 43.1. The number of carboxylic acids is 1. The summed E-state index contributed by atoms with van der Waals surface area (Å²) in [7, 11) is 1.49. The number of hydrogen-bond acceptors (Lipinski definition) is 6. The number of hydrogen-bond donors (Lipinski definition) is 3. The van der Waals surface area contributed by atoms with Gasteiger partial charge in [0.05, 0.1) is 18.3 Å². The van der Waals surface area contributed by atoms with Gasteiger partial charge in [0.1, 0.15) is 0 Å². The van der Waals surface area contributed by atoms with E-state index < -0.39 is 17.2 Å². The fourth-order valence-corrected chi connectivity index (χ4v) is 16.4. The minimum atomic E-state index is -0.649. The van der Waals surface area contributed by atoms with Crippen LogP contribution in [0.5, 0.6) is 0 Å². The smallest absolute Gasteiger partial charge is 0.305 e. The lowest BCUT2D eigenvalue weighted by molar-refractivity contribution is -0.141. The summed E-state index contributed by atoms with van der Waals surface area (Å²) in [5, 5.41) is 30.2. The van der Waals surface area contributed by atoms with Crippen LogP contribution in [0, 0.1) is 69.0 Å². The lowest BCUT2D eigenvalue weighted by Crippen LogP contribution is -2.51. The average Bonchev–Trinajstić information content (AvgIpc) is 3.96. The molecule has 1 aliphatic heterocycles. The molecule has 0 bridgehead atoms. The molecule has 8 aliphatic carbocycles. The van der Waals surface area contributed by atoms with Gasteiger partial charge in [-0.3, -0.25) is 9.59 Å². The van der Waals surface area contributed by atoms with Gasteiger partial charge < -0.3 is 24.8 Å². The third-order valence-corrected chi connectivity index (χ3v) is 20.1. The number of methoxy groups -OCH3 is 1. The molecule has 0 aromatic carbocycles. The Bertz CT molecular complexity index is 1580. The summed E-state index contributed by atoms with van der Waals surface area (Å²) in [6, 6.07) is 0. The molecule has 0 aromatic heterocycles. The molecule has 0 aromatic rings. The largest absolute Gasteiger partial charge is 0.481 e. The summed E-state index contributed by atoms with van der Waals surface area (Å²) < 4.78 is 9.77. The number of ether oxygens (including phenoxy) is 2. The first kappa shape index (κ1) is 48.7. The fourth-order valence-electron chi connectivity index (χ4n) is 16.4. The van der Waals surface area contributed by atoms with E-state index in [1.165, 1.54) is 90.6 Å². The van der Waals surface area contributed by atoms with Crippen LogP contribution in [0.3, 0.4) is 0 Å². The lowest BCUT2D eigenvalue weighted by atomic mass is 9.46. The average molecular weight is 851 g/mol. The molecule has 7 heteroatoms. The molecule has 0 radical (unpaired) electrons. The molecule has 7 nitrogen and oxygen atoms in total. The van der Waals surface area contributed by atoms with Crippen molar-refractivity contribution >= 4 is 11.9 Å². The first-order chi connectivity index (χ1) is 28.4. The Morgan fingerprint density at radius 1 is 0.639 bits per heavy atom. The Morgan fingerprint density at radius 3 is 1.48 bits per heavy atom. The maximum Gasteiger partial charge on any atom is 0.305 e. The number of fused-ring (bicyclic) bond motifs is 10. The monoisotopic (exact) mass is 851 g/mol. The molecule has 3 N–H and O–H groups in total. The predicted molar refractivity (Wildman–Crippen MR) is 246 cm³/mol. The van der Waals surface area contributed by atoms with Crippen LogP contribution in [-0.4, -0.2) is 58.8 Å². The molecule has 348 valence electrons. The number of aliphatic hydroxyl groups is 2. The second-order valence-corrected chi connectivity index (χ2v) is 23.6. The van der Waals surface area contributed by atoms with Crippen LogP contribution >= 0.6 is 0 Å². The third-order valence-electron chi connectivity index (χ3n) is 20.1. The molecule has 61 heavy (non-hydrogen) atoms. The van der Waals surface area contributed by atoms with Crippen LogP contribution in [0.25, 0.3) is 0 Å². The molecule has 6 saturated carbocycles. The van der Waals surface area contributed by atoms with E-state index in [1.807, 2.05) is 13.8 Å². The summed E-state index contributed by atoms with van der Waals surface area (Å²) in [4.78, 5) is 22.4. The van der Waals surface area contributed by atoms with Gasteiger partial charge in [-0.25, -0.2) is 0 Å². The number of carbonyl (C=O) groups is 2. The fraction of sp³-hybridized carbons (Fsp3) is 0.889. The molecule has 0 amide bonds. The maximum atomic E-state index is 11.5. The highest BCUT2D eigenvalue weighted by Crippen LogP contribution is 2.69. The van der Waals surface area contributed by atoms with E-state index in [-0.39, 0.29) is 13.4 Å². The lowest BCUT2D eigenvalue weighted by Gasteiger charge is -2.59. The summed E-state index contributed by atoms with van der Waals surface area (Å²) >= 11 is 0. The minimum Gasteiger partial charge on any atom is -0.481 e. The van der Waals surface area contributed by atoms with Gasteiger partial charge in [-0.05, 0) is 224 Å². The van der Waals surface area contributed by atoms with Crippen LogP contribution < -0.4 is 0 Å². The van der Waals surface area contributed by atoms with Crippen molar-refractivity contribution in [3.8, 4) is 0 Å². The quantitative estimate of drug-likeness (QED) is 0.165. The molecular formula is C54H90O7. The van der Waals surface area contributed by atoms with Crippen LogP contribution in [-0.2, 0) is 19.1 Å². The molecule has 0 unspecified atom stereocenters. The van der Waals surface area contributed by atoms with E-state index in [4.69, 9.17) is 14.6 Å². The van der Waals surface area contributed by atoms with Crippen LogP contribution in [0.4, 0.5) is 0 Å². The first-order valence-electron chi connectivity index (χ1n) is 25.1. The number of carboxylic acid groups (broad SMARTS) is 1. The Labute approximate surface area is 372 Å². The molecule has 9 rings (SSSR count). The van der Waals surface area contributed by atoms with E-state index in [1.54, 1.807) is 11.1 Å². The zero-order valence-corrected chi connectivity index (χ0v) is 39.1. The molecule has 14 atom stereocenters. The third kappa shape index (κ3) is 9.80. The minimum absolute atomic E-state index is 0. The Hall–Kier alpha value is -1.70. The molecule has 1 heterocycles. The normalized spacial score (nSPS) is 45.5. The van der Waals surface area contributed by atoms with Crippen molar-refractivity contribution in [2.24, 2.45) is 69.0 Å². The van der Waals surface area contributed by atoms with Gasteiger partial charge in [-0.15, -0.1) is 0 Å². The first-order valence-corrected chi connectivity index (χ1v) is 25.1. The molecule has 7 fully saturated rings. The van der Waals surface area contributed by atoms with Crippen molar-refractivity contribution in [1.29, 1.82) is 0 Å². The van der Waals surface area contributed by atoms with Gasteiger partial charge >= 0.3 is 11.9 Å². The molecule has 0 spiro atoms. The van der Waals surface area contributed by atoms with Gasteiger partial charge in [0.2, 0.25) is 0 Å². The van der Waals surface area contributed by atoms with Crippen LogP contribution in [0.2, 0.25) is 0 Å². The highest BCUT2D eigenvalue weighted by Gasteiger charge is 2.60. The second-order valence-electron chi connectivity index (χ2n) is 23.6.